The fourth-order valence-electron chi connectivity index (χ4n) is 4.12. The highest BCUT2D eigenvalue weighted by atomic mass is 19.3. The number of alkyl halides is 2. The largest absolute Gasteiger partial charge is 0.491 e. The smallest absolute Gasteiger partial charge is 0.324 e. The Labute approximate surface area is 205 Å². The molecular weight excluding hydrogens is 475 g/mol. The summed E-state index contributed by atoms with van der Waals surface area (Å²) in [5, 5.41) is 8.94. The third-order valence-corrected chi connectivity index (χ3v) is 5.96. The van der Waals surface area contributed by atoms with Crippen molar-refractivity contribution in [2.45, 2.75) is 25.4 Å². The van der Waals surface area contributed by atoms with E-state index in [0.29, 0.717) is 36.2 Å². The van der Waals surface area contributed by atoms with E-state index in [1.807, 2.05) is 0 Å². The van der Waals surface area contributed by atoms with Crippen LogP contribution in [-0.2, 0) is 0 Å². The first-order valence-electron chi connectivity index (χ1n) is 11.3. The zero-order valence-electron chi connectivity index (χ0n) is 19.2. The van der Waals surface area contributed by atoms with E-state index in [-0.39, 0.29) is 53.3 Å². The van der Waals surface area contributed by atoms with E-state index in [1.165, 1.54) is 36.4 Å². The average molecular weight is 499 g/mol. The molecule has 0 atom stereocenters. The van der Waals surface area contributed by atoms with Gasteiger partial charge in [0.2, 0.25) is 11.6 Å². The number of piperidine rings is 1. The van der Waals surface area contributed by atoms with Crippen molar-refractivity contribution in [3.63, 3.8) is 0 Å². The molecule has 11 heteroatoms. The SMILES string of the molecule is [C-]#[N+]c1ccc(-c2nc(N3CCC(N)CC3)n(C(F)F)c(=O)c2-c2ccc(OCCO)cc2)cc1F. The minimum atomic E-state index is -3.17. The maximum atomic E-state index is 14.5. The minimum absolute atomic E-state index is 0.0150. The number of rotatable bonds is 7. The molecule has 1 aliphatic heterocycles. The van der Waals surface area contributed by atoms with Gasteiger partial charge in [-0.3, -0.25) is 4.79 Å². The average Bonchev–Trinajstić information content (AvgIpc) is 2.87. The molecule has 0 aliphatic carbocycles. The first-order valence-corrected chi connectivity index (χ1v) is 11.3. The van der Waals surface area contributed by atoms with Crippen LogP contribution in [0.15, 0.2) is 47.3 Å². The van der Waals surface area contributed by atoms with Crippen molar-refractivity contribution in [3.8, 4) is 28.1 Å². The molecule has 3 aromatic rings. The fourth-order valence-corrected chi connectivity index (χ4v) is 4.12. The summed E-state index contributed by atoms with van der Waals surface area (Å²) in [6, 6.07) is 9.76. The summed E-state index contributed by atoms with van der Waals surface area (Å²) >= 11 is 0. The van der Waals surface area contributed by atoms with Crippen molar-refractivity contribution in [2.24, 2.45) is 5.73 Å². The monoisotopic (exact) mass is 499 g/mol. The summed E-state index contributed by atoms with van der Waals surface area (Å²) < 4.78 is 48.7. The number of hydrogen-bond acceptors (Lipinski definition) is 6. The van der Waals surface area contributed by atoms with Crippen molar-refractivity contribution in [1.82, 2.24) is 9.55 Å². The van der Waals surface area contributed by atoms with E-state index in [0.717, 1.165) is 6.07 Å². The highest BCUT2D eigenvalue weighted by molar-refractivity contribution is 5.82. The van der Waals surface area contributed by atoms with Gasteiger partial charge in [0.15, 0.2) is 0 Å². The molecule has 1 aromatic heterocycles. The van der Waals surface area contributed by atoms with Crippen LogP contribution in [0.3, 0.4) is 0 Å². The summed E-state index contributed by atoms with van der Waals surface area (Å²) in [7, 11) is 0. The number of benzene rings is 2. The van der Waals surface area contributed by atoms with Gasteiger partial charge in [-0.2, -0.15) is 8.78 Å². The summed E-state index contributed by atoms with van der Waals surface area (Å²) in [5.74, 6) is -0.630. The molecular formula is C25H24F3N5O3. The number of nitrogens with two attached hydrogens (primary N) is 1. The predicted octanol–water partition coefficient (Wildman–Crippen LogP) is 3.96. The van der Waals surface area contributed by atoms with Gasteiger partial charge in [0, 0.05) is 24.7 Å². The molecule has 1 aliphatic rings. The highest BCUT2D eigenvalue weighted by Crippen LogP contribution is 2.34. The van der Waals surface area contributed by atoms with Crippen molar-refractivity contribution in [1.29, 1.82) is 0 Å². The lowest BCUT2D eigenvalue weighted by molar-refractivity contribution is 0.0667. The van der Waals surface area contributed by atoms with Crippen LogP contribution in [0.2, 0.25) is 0 Å². The molecule has 0 spiro atoms. The van der Waals surface area contributed by atoms with Gasteiger partial charge >= 0.3 is 6.55 Å². The van der Waals surface area contributed by atoms with Crippen molar-refractivity contribution in [3.05, 3.63) is 70.1 Å². The highest BCUT2D eigenvalue weighted by Gasteiger charge is 2.28. The third-order valence-electron chi connectivity index (χ3n) is 5.96. The normalized spacial score (nSPS) is 14.2. The Bertz CT molecular complexity index is 1330. The lowest BCUT2D eigenvalue weighted by atomic mass is 9.99. The maximum absolute atomic E-state index is 14.5. The van der Waals surface area contributed by atoms with E-state index < -0.39 is 17.9 Å². The number of hydrogen-bond donors (Lipinski definition) is 2. The molecule has 0 bridgehead atoms. The van der Waals surface area contributed by atoms with E-state index >= 15 is 0 Å². The van der Waals surface area contributed by atoms with Gasteiger partial charge in [-0.15, -0.1) is 0 Å². The number of ether oxygens (including phenoxy) is 1. The molecule has 4 rings (SSSR count). The number of aliphatic hydroxyl groups is 1. The summed E-state index contributed by atoms with van der Waals surface area (Å²) in [4.78, 5) is 22.8. The van der Waals surface area contributed by atoms with Crippen LogP contribution in [0.25, 0.3) is 27.2 Å². The van der Waals surface area contributed by atoms with Gasteiger partial charge < -0.3 is 20.5 Å². The Morgan fingerprint density at radius 1 is 1.17 bits per heavy atom. The van der Waals surface area contributed by atoms with Crippen LogP contribution >= 0.6 is 0 Å². The van der Waals surface area contributed by atoms with Gasteiger partial charge in [0.25, 0.3) is 5.56 Å². The second-order valence-corrected chi connectivity index (χ2v) is 8.29. The Morgan fingerprint density at radius 2 is 1.83 bits per heavy atom. The first-order chi connectivity index (χ1) is 17.3. The van der Waals surface area contributed by atoms with Crippen molar-refractivity contribution in [2.75, 3.05) is 31.2 Å². The molecule has 0 unspecified atom stereocenters. The zero-order chi connectivity index (χ0) is 25.8. The van der Waals surface area contributed by atoms with Crippen LogP contribution in [0.1, 0.15) is 19.4 Å². The number of halogens is 3. The van der Waals surface area contributed by atoms with Crippen LogP contribution in [-0.4, -0.2) is 47.0 Å². The standard InChI is InChI=1S/C25H24F3N5O3/c1-30-20-7-4-16(14-19(20)26)22-21(15-2-5-18(6-3-15)36-13-12-34)23(35)33(24(27)28)25(31-22)32-10-8-17(29)9-11-32/h2-7,14,17,24,34H,8-13,29H2. The van der Waals surface area contributed by atoms with E-state index in [1.54, 1.807) is 4.90 Å². The Balaban J connectivity index is 1.94. The van der Waals surface area contributed by atoms with Crippen LogP contribution in [0.4, 0.5) is 24.8 Å². The zero-order valence-corrected chi connectivity index (χ0v) is 19.2. The minimum Gasteiger partial charge on any atom is -0.491 e. The molecule has 1 fully saturated rings. The number of nitrogens with zero attached hydrogens (tertiary/aromatic N) is 4. The molecule has 8 nitrogen and oxygen atoms in total. The number of aromatic nitrogens is 2. The Hall–Kier alpha value is -3.88. The second kappa shape index (κ2) is 10.8. The molecule has 36 heavy (non-hydrogen) atoms. The Kier molecular flexibility index (Phi) is 7.57. The molecule has 2 aromatic carbocycles. The number of aliphatic hydroxyl groups excluding tert-OH is 1. The van der Waals surface area contributed by atoms with Crippen molar-refractivity contribution >= 4 is 11.6 Å². The Morgan fingerprint density at radius 3 is 2.42 bits per heavy atom. The lowest BCUT2D eigenvalue weighted by Gasteiger charge is -2.32. The van der Waals surface area contributed by atoms with Gasteiger partial charge in [-0.25, -0.2) is 18.8 Å². The van der Waals surface area contributed by atoms with Crippen LogP contribution < -0.4 is 20.9 Å². The first kappa shape index (κ1) is 25.2. The molecule has 0 radical (unpaired) electrons. The lowest BCUT2D eigenvalue weighted by Crippen LogP contribution is -2.43. The van der Waals surface area contributed by atoms with E-state index in [4.69, 9.17) is 22.1 Å². The fraction of sp³-hybridized carbons (Fsp3) is 0.320. The molecule has 2 heterocycles. The summed E-state index contributed by atoms with van der Waals surface area (Å²) in [6.45, 7) is 4.46. The van der Waals surface area contributed by atoms with Gasteiger partial charge in [0.1, 0.15) is 18.2 Å². The molecule has 188 valence electrons. The predicted molar refractivity (Wildman–Crippen MR) is 129 cm³/mol. The third kappa shape index (κ3) is 5.05. The topological polar surface area (TPSA) is 98.0 Å². The van der Waals surface area contributed by atoms with Crippen LogP contribution in [0, 0.1) is 12.4 Å². The number of anilines is 1. The maximum Gasteiger partial charge on any atom is 0.324 e. The van der Waals surface area contributed by atoms with E-state index in [2.05, 4.69) is 9.83 Å². The quantitative estimate of drug-likeness (QED) is 0.478. The van der Waals surface area contributed by atoms with Gasteiger partial charge in [-0.05, 0) is 36.6 Å². The second-order valence-electron chi connectivity index (χ2n) is 8.29. The molecule has 1 saturated heterocycles. The molecule has 0 saturated carbocycles. The summed E-state index contributed by atoms with van der Waals surface area (Å²) in [6.07, 6.45) is 1.08. The van der Waals surface area contributed by atoms with Gasteiger partial charge in [-0.1, -0.05) is 24.3 Å². The van der Waals surface area contributed by atoms with Gasteiger partial charge in [0.05, 0.1) is 24.4 Å². The van der Waals surface area contributed by atoms with E-state index in [9.17, 15) is 18.0 Å². The molecule has 0 amide bonds. The molecule has 3 N–H and O–H groups in total. The van der Waals surface area contributed by atoms with Crippen LogP contribution in [0.5, 0.6) is 5.75 Å². The van der Waals surface area contributed by atoms with Crippen molar-refractivity contribution < 1.29 is 23.0 Å². The summed E-state index contributed by atoms with van der Waals surface area (Å²) in [5.41, 5.74) is 5.07.